The smallest absolute Gasteiger partial charge is 0.399 e. The summed E-state index contributed by atoms with van der Waals surface area (Å²) in [6, 6.07) is 12.6. The summed E-state index contributed by atoms with van der Waals surface area (Å²) >= 11 is 0. The van der Waals surface area contributed by atoms with Gasteiger partial charge >= 0.3 is 6.16 Å². The number of ether oxygens (including phenoxy) is 2. The molecule has 35 heavy (non-hydrogen) atoms. The SMILES string of the molecule is CCCCCC1CCC(C2CCC(c3ccc(OC(=O)Oc4cc(N)cc(N)c4)cc3)CC2)CC1. The highest BCUT2D eigenvalue weighted by atomic mass is 16.7. The number of benzene rings is 2. The number of hydrogen-bond donors (Lipinski definition) is 2. The molecule has 190 valence electrons. The average Bonchev–Trinajstić information content (AvgIpc) is 2.85. The van der Waals surface area contributed by atoms with Crippen LogP contribution < -0.4 is 20.9 Å². The third kappa shape index (κ3) is 7.39. The second-order valence-electron chi connectivity index (χ2n) is 10.7. The van der Waals surface area contributed by atoms with Crippen molar-refractivity contribution in [2.45, 2.75) is 89.9 Å². The molecule has 0 bridgehead atoms. The molecule has 0 spiro atoms. The maximum absolute atomic E-state index is 12.1. The van der Waals surface area contributed by atoms with E-state index in [-0.39, 0.29) is 5.75 Å². The number of nitrogens with two attached hydrogens (primary N) is 2. The summed E-state index contributed by atoms with van der Waals surface area (Å²) in [6.45, 7) is 2.30. The van der Waals surface area contributed by atoms with Crippen molar-refractivity contribution in [3.63, 3.8) is 0 Å². The van der Waals surface area contributed by atoms with E-state index in [2.05, 4.69) is 19.1 Å². The van der Waals surface area contributed by atoms with Gasteiger partial charge < -0.3 is 20.9 Å². The Labute approximate surface area is 210 Å². The van der Waals surface area contributed by atoms with Crippen molar-refractivity contribution in [3.05, 3.63) is 48.0 Å². The standard InChI is InChI=1S/C30H42N2O3/c1-2-3-4-5-21-6-8-22(9-7-21)23-10-12-24(13-11-23)25-14-16-28(17-15-25)34-30(33)35-29-19-26(31)18-27(32)20-29/h14-24H,2-13,31-32H2,1H3. The predicted octanol–water partition coefficient (Wildman–Crippen LogP) is 8.09. The van der Waals surface area contributed by atoms with Crippen LogP contribution in [-0.2, 0) is 0 Å². The van der Waals surface area contributed by atoms with Gasteiger partial charge in [0, 0.05) is 23.5 Å². The third-order valence-corrected chi connectivity index (χ3v) is 8.25. The zero-order valence-corrected chi connectivity index (χ0v) is 21.2. The van der Waals surface area contributed by atoms with Crippen LogP contribution in [0.5, 0.6) is 11.5 Å². The summed E-state index contributed by atoms with van der Waals surface area (Å²) < 4.78 is 10.5. The van der Waals surface area contributed by atoms with E-state index in [9.17, 15) is 4.79 Å². The lowest BCUT2D eigenvalue weighted by molar-refractivity contribution is 0.152. The molecule has 0 aliphatic heterocycles. The molecular formula is C30H42N2O3. The number of anilines is 2. The topological polar surface area (TPSA) is 87.6 Å². The molecule has 5 heteroatoms. The molecular weight excluding hydrogens is 436 g/mol. The van der Waals surface area contributed by atoms with Crippen LogP contribution in [0.1, 0.15) is 95.5 Å². The Kier molecular flexibility index (Phi) is 8.95. The van der Waals surface area contributed by atoms with Crippen molar-refractivity contribution in [1.82, 2.24) is 0 Å². The molecule has 2 saturated carbocycles. The predicted molar refractivity (Wildman–Crippen MR) is 143 cm³/mol. The van der Waals surface area contributed by atoms with Crippen molar-refractivity contribution in [3.8, 4) is 11.5 Å². The maximum atomic E-state index is 12.1. The Morgan fingerprint density at radius 1 is 0.771 bits per heavy atom. The molecule has 0 heterocycles. The van der Waals surface area contributed by atoms with Crippen molar-refractivity contribution < 1.29 is 14.3 Å². The Bertz CT molecular complexity index is 922. The van der Waals surface area contributed by atoms with Gasteiger partial charge in [-0.25, -0.2) is 4.79 Å². The van der Waals surface area contributed by atoms with Gasteiger partial charge in [-0.3, -0.25) is 0 Å². The van der Waals surface area contributed by atoms with E-state index in [0.29, 0.717) is 23.0 Å². The van der Waals surface area contributed by atoms with Crippen LogP contribution >= 0.6 is 0 Å². The van der Waals surface area contributed by atoms with Crippen LogP contribution in [0.25, 0.3) is 0 Å². The normalized spacial score (nSPS) is 24.6. The number of unbranched alkanes of at least 4 members (excludes halogenated alkanes) is 2. The number of rotatable bonds is 8. The summed E-state index contributed by atoms with van der Waals surface area (Å²) in [5.41, 5.74) is 13.7. The monoisotopic (exact) mass is 478 g/mol. The van der Waals surface area contributed by atoms with Crippen LogP contribution in [-0.4, -0.2) is 6.16 Å². The summed E-state index contributed by atoms with van der Waals surface area (Å²) in [7, 11) is 0. The minimum atomic E-state index is -0.802. The van der Waals surface area contributed by atoms with Crippen molar-refractivity contribution in [2.75, 3.05) is 11.5 Å². The lowest BCUT2D eigenvalue weighted by Crippen LogP contribution is -2.25. The van der Waals surface area contributed by atoms with E-state index in [1.165, 1.54) is 94.7 Å². The Balaban J connectivity index is 1.20. The quantitative estimate of drug-likeness (QED) is 0.173. The zero-order chi connectivity index (χ0) is 24.6. The lowest BCUT2D eigenvalue weighted by Gasteiger charge is -2.38. The molecule has 5 nitrogen and oxygen atoms in total. The van der Waals surface area contributed by atoms with E-state index in [1.807, 2.05) is 12.1 Å². The van der Waals surface area contributed by atoms with Gasteiger partial charge in [0.05, 0.1) is 0 Å². The van der Waals surface area contributed by atoms with Crippen molar-refractivity contribution in [2.24, 2.45) is 17.8 Å². The molecule has 2 fully saturated rings. The van der Waals surface area contributed by atoms with E-state index < -0.39 is 6.16 Å². The number of carbonyl (C=O) groups excluding carboxylic acids is 1. The molecule has 0 aromatic heterocycles. The molecule has 0 amide bonds. The molecule has 0 radical (unpaired) electrons. The van der Waals surface area contributed by atoms with Crippen molar-refractivity contribution in [1.29, 1.82) is 0 Å². The van der Waals surface area contributed by atoms with Gasteiger partial charge in [0.15, 0.2) is 0 Å². The van der Waals surface area contributed by atoms with Gasteiger partial charge in [-0.2, -0.15) is 0 Å². The third-order valence-electron chi connectivity index (χ3n) is 8.25. The summed E-state index contributed by atoms with van der Waals surface area (Å²) in [5.74, 6) is 4.21. The highest BCUT2D eigenvalue weighted by molar-refractivity contribution is 5.69. The van der Waals surface area contributed by atoms with E-state index in [4.69, 9.17) is 20.9 Å². The first-order chi connectivity index (χ1) is 17.0. The molecule has 4 N–H and O–H groups in total. The first-order valence-corrected chi connectivity index (χ1v) is 13.7. The van der Waals surface area contributed by atoms with Crippen molar-refractivity contribution >= 4 is 17.5 Å². The summed E-state index contributed by atoms with van der Waals surface area (Å²) in [4.78, 5) is 12.1. The molecule has 2 aliphatic rings. The van der Waals surface area contributed by atoms with Crippen LogP contribution in [0, 0.1) is 17.8 Å². The van der Waals surface area contributed by atoms with Gasteiger partial charge in [-0.1, -0.05) is 57.6 Å². The molecule has 4 rings (SSSR count). The first kappa shape index (κ1) is 25.4. The maximum Gasteiger partial charge on any atom is 0.519 e. The largest absolute Gasteiger partial charge is 0.519 e. The van der Waals surface area contributed by atoms with Crippen LogP contribution in [0.3, 0.4) is 0 Å². The highest BCUT2D eigenvalue weighted by Gasteiger charge is 2.31. The molecule has 2 aromatic rings. The fourth-order valence-corrected chi connectivity index (χ4v) is 6.28. The lowest BCUT2D eigenvalue weighted by atomic mass is 9.68. The van der Waals surface area contributed by atoms with E-state index >= 15 is 0 Å². The fraction of sp³-hybridized carbons (Fsp3) is 0.567. The van der Waals surface area contributed by atoms with Gasteiger partial charge in [-0.15, -0.1) is 0 Å². The average molecular weight is 479 g/mol. The van der Waals surface area contributed by atoms with E-state index in [0.717, 1.165) is 17.8 Å². The first-order valence-electron chi connectivity index (χ1n) is 13.7. The molecule has 0 saturated heterocycles. The summed E-state index contributed by atoms with van der Waals surface area (Å²) in [5, 5.41) is 0. The minimum Gasteiger partial charge on any atom is -0.399 e. The zero-order valence-electron chi connectivity index (χ0n) is 21.2. The van der Waals surface area contributed by atoms with Crippen LogP contribution in [0.4, 0.5) is 16.2 Å². The van der Waals surface area contributed by atoms with E-state index in [1.54, 1.807) is 6.07 Å². The second-order valence-corrected chi connectivity index (χ2v) is 10.7. The second kappa shape index (κ2) is 12.3. The van der Waals surface area contributed by atoms with Gasteiger partial charge in [0.1, 0.15) is 11.5 Å². The molecule has 0 unspecified atom stereocenters. The minimum absolute atomic E-state index is 0.269. The van der Waals surface area contributed by atoms with Crippen LogP contribution in [0.2, 0.25) is 0 Å². The van der Waals surface area contributed by atoms with Gasteiger partial charge in [0.25, 0.3) is 0 Å². The molecule has 2 aromatic carbocycles. The van der Waals surface area contributed by atoms with Crippen LogP contribution in [0.15, 0.2) is 42.5 Å². The fourth-order valence-electron chi connectivity index (χ4n) is 6.28. The Morgan fingerprint density at radius 2 is 1.34 bits per heavy atom. The molecule has 2 aliphatic carbocycles. The number of carbonyl (C=O) groups is 1. The highest BCUT2D eigenvalue weighted by Crippen LogP contribution is 2.44. The Morgan fingerprint density at radius 3 is 1.94 bits per heavy atom. The number of nitrogen functional groups attached to an aromatic ring is 2. The van der Waals surface area contributed by atoms with Gasteiger partial charge in [-0.05, 0) is 86.0 Å². The number of hydrogen-bond acceptors (Lipinski definition) is 5. The molecule has 0 atom stereocenters. The Hall–Kier alpha value is -2.69. The summed E-state index contributed by atoms with van der Waals surface area (Å²) in [6.07, 6.45) is 15.9. The van der Waals surface area contributed by atoms with Gasteiger partial charge in [0.2, 0.25) is 0 Å².